The SMILES string of the molecule is CCN(CC)S(=O)(=O)c1cccc(-c2n[nH]c(=S)n2N)c1. The summed E-state index contributed by atoms with van der Waals surface area (Å²) in [7, 11) is -3.52. The number of nitrogens with one attached hydrogen (secondary N) is 1. The van der Waals surface area contributed by atoms with Crippen molar-refractivity contribution < 1.29 is 8.42 Å². The summed E-state index contributed by atoms with van der Waals surface area (Å²) in [5, 5.41) is 6.58. The zero-order valence-electron chi connectivity index (χ0n) is 11.8. The lowest BCUT2D eigenvalue weighted by Gasteiger charge is -2.18. The number of nitrogens with zero attached hydrogens (tertiary/aromatic N) is 3. The highest BCUT2D eigenvalue weighted by Gasteiger charge is 2.22. The Labute approximate surface area is 128 Å². The predicted octanol–water partition coefficient (Wildman–Crippen LogP) is 1.35. The minimum Gasteiger partial charge on any atom is -0.335 e. The fraction of sp³-hybridized carbons (Fsp3) is 0.333. The van der Waals surface area contributed by atoms with Gasteiger partial charge in [0.15, 0.2) is 5.82 Å². The van der Waals surface area contributed by atoms with Gasteiger partial charge in [-0.2, -0.15) is 9.40 Å². The maximum Gasteiger partial charge on any atom is 0.243 e. The maximum absolute atomic E-state index is 12.5. The zero-order valence-corrected chi connectivity index (χ0v) is 13.4. The summed E-state index contributed by atoms with van der Waals surface area (Å²) in [5.41, 5.74) is 0.582. The van der Waals surface area contributed by atoms with Crippen molar-refractivity contribution in [1.29, 1.82) is 0 Å². The molecular formula is C12H17N5O2S2. The largest absolute Gasteiger partial charge is 0.335 e. The first-order valence-corrected chi connectivity index (χ1v) is 8.29. The van der Waals surface area contributed by atoms with Gasteiger partial charge >= 0.3 is 0 Å². The number of aromatic amines is 1. The van der Waals surface area contributed by atoms with E-state index < -0.39 is 10.0 Å². The number of sulfonamides is 1. The van der Waals surface area contributed by atoms with Gasteiger partial charge in [-0.3, -0.25) is 0 Å². The van der Waals surface area contributed by atoms with E-state index in [1.54, 1.807) is 38.1 Å². The third-order valence-electron chi connectivity index (χ3n) is 3.14. The first kappa shape index (κ1) is 15.7. The number of benzene rings is 1. The number of nitrogens with two attached hydrogens (primary N) is 1. The topological polar surface area (TPSA) is 97.0 Å². The highest BCUT2D eigenvalue weighted by molar-refractivity contribution is 7.89. The molecular weight excluding hydrogens is 310 g/mol. The third-order valence-corrected chi connectivity index (χ3v) is 5.47. The second-order valence-corrected chi connectivity index (χ2v) is 6.66. The molecule has 1 heterocycles. The normalized spacial score (nSPS) is 12.0. The molecule has 9 heteroatoms. The van der Waals surface area contributed by atoms with Crippen molar-refractivity contribution in [3.05, 3.63) is 29.0 Å². The summed E-state index contributed by atoms with van der Waals surface area (Å²) in [6, 6.07) is 6.49. The molecule has 114 valence electrons. The van der Waals surface area contributed by atoms with Crippen molar-refractivity contribution in [3.8, 4) is 11.4 Å². The molecule has 1 aromatic heterocycles. The van der Waals surface area contributed by atoms with Crippen LogP contribution in [0.1, 0.15) is 13.8 Å². The van der Waals surface area contributed by atoms with E-state index in [2.05, 4.69) is 10.2 Å². The van der Waals surface area contributed by atoms with Gasteiger partial charge in [-0.05, 0) is 24.4 Å². The van der Waals surface area contributed by atoms with Crippen molar-refractivity contribution in [2.24, 2.45) is 0 Å². The van der Waals surface area contributed by atoms with Gasteiger partial charge in [0.1, 0.15) is 0 Å². The van der Waals surface area contributed by atoms with Crippen LogP contribution in [0.15, 0.2) is 29.2 Å². The smallest absolute Gasteiger partial charge is 0.243 e. The lowest BCUT2D eigenvalue weighted by atomic mass is 10.2. The Bertz CT molecular complexity index is 790. The van der Waals surface area contributed by atoms with Crippen molar-refractivity contribution >= 4 is 22.2 Å². The Morgan fingerprint density at radius 2 is 2.05 bits per heavy atom. The summed E-state index contributed by atoms with van der Waals surface area (Å²) >= 11 is 4.95. The minimum absolute atomic E-state index is 0.206. The molecule has 0 radical (unpaired) electrons. The Hall–Kier alpha value is -1.71. The van der Waals surface area contributed by atoms with Crippen LogP contribution in [-0.2, 0) is 10.0 Å². The summed E-state index contributed by atoms with van der Waals surface area (Å²) in [6.07, 6.45) is 0. The van der Waals surface area contributed by atoms with Crippen molar-refractivity contribution in [3.63, 3.8) is 0 Å². The summed E-state index contributed by atoms with van der Waals surface area (Å²) in [4.78, 5) is 0.206. The number of H-pyrrole nitrogens is 1. The first-order chi connectivity index (χ1) is 9.91. The third kappa shape index (κ3) is 2.85. The van der Waals surface area contributed by atoms with Crippen molar-refractivity contribution in [1.82, 2.24) is 19.2 Å². The monoisotopic (exact) mass is 327 g/mol. The molecule has 0 atom stereocenters. The Balaban J connectivity index is 2.53. The highest BCUT2D eigenvalue weighted by Crippen LogP contribution is 2.22. The quantitative estimate of drug-likeness (QED) is 0.638. The molecule has 0 unspecified atom stereocenters. The molecule has 0 amide bonds. The summed E-state index contributed by atoms with van der Waals surface area (Å²) in [6.45, 7) is 4.43. The van der Waals surface area contributed by atoms with Gasteiger partial charge in [0.25, 0.3) is 0 Å². The first-order valence-electron chi connectivity index (χ1n) is 6.44. The van der Waals surface area contributed by atoms with Crippen LogP contribution in [0, 0.1) is 4.77 Å². The van der Waals surface area contributed by atoms with Crippen molar-refractivity contribution in [2.75, 3.05) is 18.9 Å². The molecule has 2 rings (SSSR count). The minimum atomic E-state index is -3.52. The lowest BCUT2D eigenvalue weighted by molar-refractivity contribution is 0.445. The summed E-state index contributed by atoms with van der Waals surface area (Å²) in [5.74, 6) is 6.15. The van der Waals surface area contributed by atoms with Crippen LogP contribution in [-0.4, -0.2) is 40.7 Å². The van der Waals surface area contributed by atoms with Crippen LogP contribution in [0.4, 0.5) is 0 Å². The van der Waals surface area contributed by atoms with E-state index in [1.807, 2.05) is 0 Å². The average molecular weight is 327 g/mol. The van der Waals surface area contributed by atoms with Gasteiger partial charge < -0.3 is 5.84 Å². The van der Waals surface area contributed by atoms with Crippen LogP contribution < -0.4 is 5.84 Å². The number of nitrogen functional groups attached to an aromatic ring is 1. The van der Waals surface area contributed by atoms with Gasteiger partial charge in [-0.1, -0.05) is 26.0 Å². The lowest BCUT2D eigenvalue weighted by Crippen LogP contribution is -2.30. The molecule has 0 spiro atoms. The van der Waals surface area contributed by atoms with Crippen LogP contribution in [0.2, 0.25) is 0 Å². The van der Waals surface area contributed by atoms with Gasteiger partial charge in [0, 0.05) is 18.7 Å². The van der Waals surface area contributed by atoms with E-state index in [0.29, 0.717) is 24.5 Å². The second-order valence-electron chi connectivity index (χ2n) is 4.34. The molecule has 2 aromatic rings. The van der Waals surface area contributed by atoms with E-state index in [0.717, 1.165) is 0 Å². The van der Waals surface area contributed by atoms with Crippen molar-refractivity contribution in [2.45, 2.75) is 18.7 Å². The van der Waals surface area contributed by atoms with Crippen LogP contribution >= 0.6 is 12.2 Å². The molecule has 0 aliphatic carbocycles. The van der Waals surface area contributed by atoms with Crippen LogP contribution in [0.3, 0.4) is 0 Å². The maximum atomic E-state index is 12.5. The Morgan fingerprint density at radius 3 is 2.57 bits per heavy atom. The van der Waals surface area contributed by atoms with Crippen LogP contribution in [0.5, 0.6) is 0 Å². The predicted molar refractivity (Wildman–Crippen MR) is 83.1 cm³/mol. The standard InChI is InChI=1S/C12H17N5O2S2/c1-3-16(4-2)21(18,19)10-7-5-6-9(8-10)11-14-15-12(20)17(11)13/h5-8H,3-4,13H2,1-2H3,(H,15,20). The van der Waals surface area contributed by atoms with E-state index in [-0.39, 0.29) is 9.67 Å². The number of hydrogen-bond donors (Lipinski definition) is 2. The molecule has 7 nitrogen and oxygen atoms in total. The van der Waals surface area contributed by atoms with Gasteiger partial charge in [0.05, 0.1) is 4.90 Å². The van der Waals surface area contributed by atoms with Gasteiger partial charge in [0.2, 0.25) is 14.8 Å². The Morgan fingerprint density at radius 1 is 1.38 bits per heavy atom. The van der Waals surface area contributed by atoms with E-state index in [4.69, 9.17) is 18.1 Å². The van der Waals surface area contributed by atoms with E-state index in [1.165, 1.54) is 8.98 Å². The number of rotatable bonds is 5. The summed E-state index contributed by atoms with van der Waals surface area (Å²) < 4.78 is 27.9. The van der Waals surface area contributed by atoms with E-state index >= 15 is 0 Å². The number of hydrogen-bond acceptors (Lipinski definition) is 5. The number of aromatic nitrogens is 3. The molecule has 0 aliphatic rings. The molecule has 0 bridgehead atoms. The molecule has 0 saturated carbocycles. The zero-order chi connectivity index (χ0) is 15.6. The highest BCUT2D eigenvalue weighted by atomic mass is 32.2. The molecule has 0 fully saturated rings. The molecule has 21 heavy (non-hydrogen) atoms. The fourth-order valence-electron chi connectivity index (χ4n) is 2.02. The van der Waals surface area contributed by atoms with E-state index in [9.17, 15) is 8.42 Å². The molecule has 0 aliphatic heterocycles. The molecule has 3 N–H and O–H groups in total. The second kappa shape index (κ2) is 5.96. The van der Waals surface area contributed by atoms with Gasteiger partial charge in [-0.25, -0.2) is 18.2 Å². The molecule has 1 aromatic carbocycles. The fourth-order valence-corrected chi connectivity index (χ4v) is 3.65. The van der Waals surface area contributed by atoms with Crippen LogP contribution in [0.25, 0.3) is 11.4 Å². The van der Waals surface area contributed by atoms with Gasteiger partial charge in [-0.15, -0.1) is 0 Å². The average Bonchev–Trinajstić information content (AvgIpc) is 2.80. The molecule has 0 saturated heterocycles. The Kier molecular flexibility index (Phi) is 4.45.